The lowest BCUT2D eigenvalue weighted by atomic mass is 9.71. The maximum atomic E-state index is 16.1. The topological polar surface area (TPSA) is 98.4 Å². The molecule has 8 rings (SSSR count). The molecule has 16 heteroatoms. The second kappa shape index (κ2) is 11.2. The molecule has 2 unspecified atom stereocenters. The first-order valence-corrected chi connectivity index (χ1v) is 19.9. The van der Waals surface area contributed by atoms with Gasteiger partial charge in [-0.25, -0.2) is 0 Å². The number of amidine groups is 2. The minimum absolute atomic E-state index is 0.175. The van der Waals surface area contributed by atoms with Crippen molar-refractivity contribution in [3.63, 3.8) is 0 Å². The molecule has 2 aromatic carbocycles. The van der Waals surface area contributed by atoms with Crippen LogP contribution in [0, 0.1) is 10.4 Å². The number of thioether (sulfide) groups is 2. The summed E-state index contributed by atoms with van der Waals surface area (Å²) in [6.07, 6.45) is 2.49. The SMILES string of the molecule is CC12SC(c3cccc(C4=[N+]([O-])C(C)(C)C(C)(C)N4[O])c3)=CC1=C1C(=C3C=C(c4cccc(C5=[N+]([O-])C(C)(C)C(C)(C)N5[O])c4)SC32C)C(F)(F)C(F)(F)C1(F)F. The standard InChI is InChI=1S/C41H40F6N4O4S2/c1-33(2)34(3,4)49(53)31(48(33)52)23-15-11-13-21(17-23)27-19-25-29-30(40(44,45)41(46,47)39(29,42)43)26-20-28(57-38(26,10)37(25,9)56-27)22-14-12-16-24(18-22)32-50(54)35(5,6)36(7,8)51(32)55/h11-20H,1-10H3. The molecule has 302 valence electrons. The van der Waals surface area contributed by atoms with Gasteiger partial charge < -0.3 is 10.4 Å². The molecule has 0 spiro atoms. The van der Waals surface area contributed by atoms with Gasteiger partial charge in [-0.3, -0.25) is 9.48 Å². The summed E-state index contributed by atoms with van der Waals surface area (Å²) in [6.45, 7) is 16.2. The van der Waals surface area contributed by atoms with Crippen molar-refractivity contribution in [3.8, 4) is 0 Å². The Balaban J connectivity index is 1.28. The van der Waals surface area contributed by atoms with Gasteiger partial charge in [0, 0.05) is 31.4 Å². The molecule has 2 atom stereocenters. The number of rotatable bonds is 4. The third-order valence-electron chi connectivity index (χ3n) is 13.9. The molecule has 0 aromatic heterocycles. The van der Waals surface area contributed by atoms with Crippen LogP contribution in [0.4, 0.5) is 26.3 Å². The van der Waals surface area contributed by atoms with Crippen LogP contribution in [0.15, 0.2) is 83.0 Å². The first-order valence-electron chi connectivity index (χ1n) is 18.3. The highest BCUT2D eigenvalue weighted by atomic mass is 32.2. The Hall–Kier alpha value is -3.86. The Morgan fingerprint density at radius 1 is 0.544 bits per heavy atom. The van der Waals surface area contributed by atoms with Crippen molar-refractivity contribution in [2.24, 2.45) is 0 Å². The monoisotopic (exact) mass is 830 g/mol. The zero-order valence-corrected chi connectivity index (χ0v) is 34.4. The van der Waals surface area contributed by atoms with E-state index in [4.69, 9.17) is 0 Å². The second-order valence-electron chi connectivity index (χ2n) is 17.8. The third kappa shape index (κ3) is 4.48. The summed E-state index contributed by atoms with van der Waals surface area (Å²) >= 11 is 2.09. The van der Waals surface area contributed by atoms with Gasteiger partial charge in [-0.2, -0.15) is 26.3 Å². The maximum Gasteiger partial charge on any atom is 0.380 e. The number of allylic oxidation sites excluding steroid dienone is 4. The van der Waals surface area contributed by atoms with Gasteiger partial charge in [0.25, 0.3) is 0 Å². The molecule has 4 heterocycles. The van der Waals surface area contributed by atoms with Crippen LogP contribution in [0.25, 0.3) is 9.81 Å². The minimum Gasteiger partial charge on any atom is -0.714 e. The van der Waals surface area contributed by atoms with E-state index in [9.17, 15) is 20.8 Å². The molecule has 0 saturated heterocycles. The van der Waals surface area contributed by atoms with Crippen LogP contribution in [0.1, 0.15) is 91.5 Å². The predicted molar refractivity (Wildman–Crippen MR) is 207 cm³/mol. The zero-order valence-electron chi connectivity index (χ0n) is 32.8. The number of halogens is 6. The van der Waals surface area contributed by atoms with Crippen molar-refractivity contribution in [2.45, 2.75) is 119 Å². The van der Waals surface area contributed by atoms with Crippen LogP contribution < -0.4 is 0 Å². The number of nitrogens with zero attached hydrogens (tertiary/aromatic N) is 4. The highest BCUT2D eigenvalue weighted by molar-refractivity contribution is 8.14. The molecule has 2 aromatic rings. The Kier molecular flexibility index (Phi) is 7.88. The maximum absolute atomic E-state index is 16.1. The predicted octanol–water partition coefficient (Wildman–Crippen LogP) is 9.56. The highest BCUT2D eigenvalue weighted by Gasteiger charge is 2.84. The average Bonchev–Trinajstić information content (AvgIpc) is 3.77. The van der Waals surface area contributed by atoms with E-state index in [1.54, 1.807) is 106 Å². The van der Waals surface area contributed by atoms with Crippen LogP contribution in [0.2, 0.25) is 0 Å². The molecule has 1 fully saturated rings. The van der Waals surface area contributed by atoms with Gasteiger partial charge in [0.2, 0.25) is 0 Å². The number of hydrogen-bond acceptors (Lipinski definition) is 6. The molecule has 0 N–H and O–H groups in total. The Morgan fingerprint density at radius 3 is 1.16 bits per heavy atom. The molecule has 6 aliphatic rings. The number of hydroxylamine groups is 6. The van der Waals surface area contributed by atoms with E-state index in [0.29, 0.717) is 30.7 Å². The van der Waals surface area contributed by atoms with Crippen LogP contribution in [-0.4, -0.2) is 80.7 Å². The summed E-state index contributed by atoms with van der Waals surface area (Å²) in [5, 5.41) is 55.2. The fraction of sp³-hybridized carbons (Fsp3) is 0.463. The van der Waals surface area contributed by atoms with Crippen molar-refractivity contribution in [1.29, 1.82) is 0 Å². The molecule has 8 nitrogen and oxygen atoms in total. The van der Waals surface area contributed by atoms with Crippen LogP contribution >= 0.6 is 23.5 Å². The van der Waals surface area contributed by atoms with Gasteiger partial charge in [-0.15, -0.1) is 23.5 Å². The summed E-state index contributed by atoms with van der Waals surface area (Å²) in [5.74, 6) is -16.6. The first kappa shape index (κ1) is 39.9. The van der Waals surface area contributed by atoms with Gasteiger partial charge in [0.1, 0.15) is 11.1 Å². The first-order chi connectivity index (χ1) is 26.0. The van der Waals surface area contributed by atoms with Gasteiger partial charge >= 0.3 is 29.4 Å². The molecular weight excluding hydrogens is 791 g/mol. The van der Waals surface area contributed by atoms with Crippen molar-refractivity contribution >= 4 is 45.0 Å². The van der Waals surface area contributed by atoms with E-state index in [-0.39, 0.29) is 43.8 Å². The Morgan fingerprint density at radius 2 is 0.860 bits per heavy atom. The number of hydrogen-bond donors (Lipinski definition) is 0. The average molecular weight is 831 g/mol. The fourth-order valence-electron chi connectivity index (χ4n) is 8.50. The largest absolute Gasteiger partial charge is 0.714 e. The van der Waals surface area contributed by atoms with E-state index < -0.39 is 60.6 Å². The van der Waals surface area contributed by atoms with Gasteiger partial charge in [0.15, 0.2) is 11.1 Å². The van der Waals surface area contributed by atoms with Gasteiger partial charge in [-0.05, 0) is 128 Å². The zero-order chi connectivity index (χ0) is 42.2. The van der Waals surface area contributed by atoms with E-state index in [1.165, 1.54) is 24.3 Å². The lowest BCUT2D eigenvalue weighted by Crippen LogP contribution is -2.53. The molecule has 1 saturated carbocycles. The van der Waals surface area contributed by atoms with E-state index in [0.717, 1.165) is 23.5 Å². The highest BCUT2D eigenvalue weighted by Crippen LogP contribution is 2.75. The molecule has 0 amide bonds. The smallest absolute Gasteiger partial charge is 0.380 e. The quantitative estimate of drug-likeness (QED) is 0.173. The normalized spacial score (nSPS) is 30.9. The Labute approximate surface area is 334 Å². The van der Waals surface area contributed by atoms with Crippen LogP contribution in [0.5, 0.6) is 0 Å². The lowest BCUT2D eigenvalue weighted by Gasteiger charge is -2.47. The molecule has 0 bridgehead atoms. The third-order valence-corrected chi connectivity index (χ3v) is 17.3. The van der Waals surface area contributed by atoms with Crippen molar-refractivity contribution < 1.29 is 46.2 Å². The van der Waals surface area contributed by atoms with Crippen LogP contribution in [0.3, 0.4) is 0 Å². The minimum atomic E-state index is -5.76. The van der Waals surface area contributed by atoms with E-state index in [2.05, 4.69) is 0 Å². The van der Waals surface area contributed by atoms with Gasteiger partial charge in [-0.1, -0.05) is 34.4 Å². The summed E-state index contributed by atoms with van der Waals surface area (Å²) < 4.78 is 93.4. The Bertz CT molecular complexity index is 2250. The summed E-state index contributed by atoms with van der Waals surface area (Å²) in [4.78, 5) is 0.574. The van der Waals surface area contributed by atoms with Crippen LogP contribution in [-0.2, 0) is 10.4 Å². The molecule has 4 aliphatic heterocycles. The number of fused-ring (bicyclic) bond motifs is 4. The van der Waals surface area contributed by atoms with Crippen molar-refractivity contribution in [3.05, 3.63) is 116 Å². The molecule has 2 aliphatic carbocycles. The van der Waals surface area contributed by atoms with Crippen molar-refractivity contribution in [2.75, 3.05) is 0 Å². The van der Waals surface area contributed by atoms with E-state index >= 15 is 26.3 Å². The summed E-state index contributed by atoms with van der Waals surface area (Å²) in [5.41, 5.74) is -7.00. The number of benzene rings is 2. The molecular formula is C41H40F6N4O4S2. The molecule has 2 radical (unpaired) electrons. The van der Waals surface area contributed by atoms with E-state index in [1.807, 2.05) is 0 Å². The fourth-order valence-corrected chi connectivity index (χ4v) is 11.6. The number of alkyl halides is 6. The summed E-state index contributed by atoms with van der Waals surface area (Å²) in [6, 6.07) is 12.5. The van der Waals surface area contributed by atoms with Gasteiger partial charge in [0.05, 0.1) is 20.6 Å². The van der Waals surface area contributed by atoms with Crippen molar-refractivity contribution in [1.82, 2.24) is 10.1 Å². The second-order valence-corrected chi connectivity index (χ2v) is 20.7. The summed E-state index contributed by atoms with van der Waals surface area (Å²) in [7, 11) is 0. The lowest BCUT2D eigenvalue weighted by molar-refractivity contribution is -0.539. The molecule has 57 heavy (non-hydrogen) atoms.